The van der Waals surface area contributed by atoms with Crippen LogP contribution >= 0.6 is 0 Å². The van der Waals surface area contributed by atoms with Gasteiger partial charge in [0.1, 0.15) is 6.54 Å². The summed E-state index contributed by atoms with van der Waals surface area (Å²) in [5.74, 6) is -0.578. The van der Waals surface area contributed by atoms with E-state index in [4.69, 9.17) is 4.74 Å². The zero-order valence-corrected chi connectivity index (χ0v) is 12.6. The predicted octanol–water partition coefficient (Wildman–Crippen LogP) is 3.09. The second kappa shape index (κ2) is 5.30. The summed E-state index contributed by atoms with van der Waals surface area (Å²) in [6.07, 6.45) is 0. The lowest BCUT2D eigenvalue weighted by molar-refractivity contribution is -0.147. The smallest absolute Gasteiger partial charge is 0.327 e. The minimum absolute atomic E-state index is 0.0189. The van der Waals surface area contributed by atoms with Crippen LogP contribution in [0.25, 0.3) is 11.1 Å². The zero-order chi connectivity index (χ0) is 15.7. The largest absolute Gasteiger partial charge is 0.438 e. The van der Waals surface area contributed by atoms with Gasteiger partial charge in [-0.1, -0.05) is 48.5 Å². The predicted molar refractivity (Wildman–Crippen MR) is 83.1 cm³/mol. The maximum atomic E-state index is 12.9. The van der Waals surface area contributed by atoms with Crippen molar-refractivity contribution in [3.8, 4) is 11.1 Å². The molecular formula is C18H17NO3. The molecule has 1 saturated heterocycles. The van der Waals surface area contributed by atoms with Gasteiger partial charge >= 0.3 is 5.97 Å². The number of hydrogen-bond acceptors (Lipinski definition) is 3. The van der Waals surface area contributed by atoms with Gasteiger partial charge in [-0.3, -0.25) is 14.5 Å². The van der Waals surface area contributed by atoms with Gasteiger partial charge in [-0.05, 0) is 31.0 Å². The molecule has 1 fully saturated rings. The highest BCUT2D eigenvalue weighted by Gasteiger charge is 2.43. The van der Waals surface area contributed by atoms with Gasteiger partial charge in [0.05, 0.1) is 0 Å². The van der Waals surface area contributed by atoms with Gasteiger partial charge in [0, 0.05) is 5.56 Å². The number of nitrogens with zero attached hydrogens (tertiary/aromatic N) is 1. The van der Waals surface area contributed by atoms with Crippen molar-refractivity contribution in [3.63, 3.8) is 0 Å². The molecule has 0 N–H and O–H groups in total. The second-order valence-corrected chi connectivity index (χ2v) is 5.72. The van der Waals surface area contributed by atoms with Crippen LogP contribution in [0.3, 0.4) is 0 Å². The van der Waals surface area contributed by atoms with Crippen LogP contribution in [-0.2, 0) is 9.53 Å². The first-order valence-electron chi connectivity index (χ1n) is 7.17. The first-order chi connectivity index (χ1) is 10.5. The lowest BCUT2D eigenvalue weighted by Crippen LogP contribution is -2.43. The summed E-state index contributed by atoms with van der Waals surface area (Å²) in [4.78, 5) is 25.9. The Morgan fingerprint density at radius 3 is 2.32 bits per heavy atom. The Kier molecular flexibility index (Phi) is 3.45. The molecule has 4 nitrogen and oxygen atoms in total. The summed E-state index contributed by atoms with van der Waals surface area (Å²) in [5.41, 5.74) is 1.47. The van der Waals surface area contributed by atoms with Crippen LogP contribution in [0.4, 0.5) is 0 Å². The standard InChI is InChI=1S/C18H17NO3/c1-18(2)19(12-16(20)22-18)17(21)15-11-7-6-10-14(15)13-8-4-3-5-9-13/h3-11H,12H2,1-2H3. The van der Waals surface area contributed by atoms with Crippen LogP contribution in [-0.4, -0.2) is 29.0 Å². The van der Waals surface area contributed by atoms with Gasteiger partial charge in [0.15, 0.2) is 5.72 Å². The van der Waals surface area contributed by atoms with E-state index in [-0.39, 0.29) is 18.4 Å². The van der Waals surface area contributed by atoms with Crippen molar-refractivity contribution >= 4 is 11.9 Å². The highest BCUT2D eigenvalue weighted by molar-refractivity contribution is 6.03. The Bertz CT molecular complexity index is 722. The minimum atomic E-state index is -0.919. The van der Waals surface area contributed by atoms with E-state index in [1.165, 1.54) is 4.90 Å². The van der Waals surface area contributed by atoms with Crippen molar-refractivity contribution in [2.45, 2.75) is 19.6 Å². The van der Waals surface area contributed by atoms with E-state index >= 15 is 0 Å². The molecule has 0 unspecified atom stereocenters. The van der Waals surface area contributed by atoms with Crippen LogP contribution in [0.2, 0.25) is 0 Å². The molecule has 0 aromatic heterocycles. The number of carbonyl (C=O) groups excluding carboxylic acids is 2. The summed E-state index contributed by atoms with van der Waals surface area (Å²) in [6.45, 7) is 3.43. The number of rotatable bonds is 2. The van der Waals surface area contributed by atoms with E-state index in [0.29, 0.717) is 5.56 Å². The summed E-state index contributed by atoms with van der Waals surface area (Å²) < 4.78 is 5.22. The van der Waals surface area contributed by atoms with Crippen LogP contribution in [0.15, 0.2) is 54.6 Å². The van der Waals surface area contributed by atoms with Gasteiger partial charge < -0.3 is 4.74 Å². The van der Waals surface area contributed by atoms with Gasteiger partial charge in [-0.15, -0.1) is 0 Å². The Morgan fingerprint density at radius 1 is 1.05 bits per heavy atom. The topological polar surface area (TPSA) is 46.6 Å². The summed E-state index contributed by atoms with van der Waals surface area (Å²) in [5, 5.41) is 0. The molecule has 3 rings (SSSR count). The van der Waals surface area contributed by atoms with Crippen molar-refractivity contribution in [3.05, 3.63) is 60.2 Å². The minimum Gasteiger partial charge on any atom is -0.438 e. The molecule has 0 bridgehead atoms. The van der Waals surface area contributed by atoms with Crippen molar-refractivity contribution < 1.29 is 14.3 Å². The summed E-state index contributed by atoms with van der Waals surface area (Å²) >= 11 is 0. The molecule has 2 aromatic carbocycles. The van der Waals surface area contributed by atoms with Gasteiger partial charge in [0.25, 0.3) is 5.91 Å². The third-order valence-electron chi connectivity index (χ3n) is 3.79. The number of ether oxygens (including phenoxy) is 1. The number of carbonyl (C=O) groups is 2. The molecule has 112 valence electrons. The van der Waals surface area contributed by atoms with E-state index in [2.05, 4.69) is 0 Å². The molecule has 0 spiro atoms. The fraction of sp³-hybridized carbons (Fsp3) is 0.222. The molecular weight excluding hydrogens is 278 g/mol. The quantitative estimate of drug-likeness (QED) is 0.800. The van der Waals surface area contributed by atoms with Crippen molar-refractivity contribution in [2.75, 3.05) is 6.54 Å². The fourth-order valence-electron chi connectivity index (χ4n) is 2.69. The first kappa shape index (κ1) is 14.3. The molecule has 1 heterocycles. The molecule has 22 heavy (non-hydrogen) atoms. The van der Waals surface area contributed by atoms with Crippen LogP contribution < -0.4 is 0 Å². The number of esters is 1. The normalized spacial score (nSPS) is 16.5. The molecule has 1 aliphatic rings. The third-order valence-corrected chi connectivity index (χ3v) is 3.79. The van der Waals surface area contributed by atoms with Gasteiger partial charge in [0.2, 0.25) is 0 Å². The van der Waals surface area contributed by atoms with E-state index < -0.39 is 5.72 Å². The molecule has 1 aliphatic heterocycles. The maximum Gasteiger partial charge on any atom is 0.327 e. The molecule has 1 amide bonds. The Labute approximate surface area is 129 Å². The van der Waals surface area contributed by atoms with E-state index in [9.17, 15) is 9.59 Å². The lowest BCUT2D eigenvalue weighted by atomic mass is 9.98. The van der Waals surface area contributed by atoms with Crippen molar-refractivity contribution in [1.29, 1.82) is 0 Å². The van der Waals surface area contributed by atoms with Crippen molar-refractivity contribution in [2.24, 2.45) is 0 Å². The van der Waals surface area contributed by atoms with Crippen LogP contribution in [0.5, 0.6) is 0 Å². The SMILES string of the molecule is CC1(C)OC(=O)CN1C(=O)c1ccccc1-c1ccccc1. The fourth-order valence-corrected chi connectivity index (χ4v) is 2.69. The number of cyclic esters (lactones) is 1. The first-order valence-corrected chi connectivity index (χ1v) is 7.17. The Balaban J connectivity index is 2.03. The average molecular weight is 295 g/mol. The van der Waals surface area contributed by atoms with E-state index in [0.717, 1.165) is 11.1 Å². The van der Waals surface area contributed by atoms with Crippen LogP contribution in [0, 0.1) is 0 Å². The molecule has 0 saturated carbocycles. The molecule has 4 heteroatoms. The number of amides is 1. The van der Waals surface area contributed by atoms with E-state index in [1.807, 2.05) is 48.5 Å². The molecule has 0 radical (unpaired) electrons. The molecule has 0 atom stereocenters. The van der Waals surface area contributed by atoms with Crippen LogP contribution in [0.1, 0.15) is 24.2 Å². The summed E-state index contributed by atoms with van der Waals surface area (Å²) in [7, 11) is 0. The van der Waals surface area contributed by atoms with E-state index in [1.54, 1.807) is 19.9 Å². The van der Waals surface area contributed by atoms with Gasteiger partial charge in [-0.25, -0.2) is 0 Å². The highest BCUT2D eigenvalue weighted by Crippen LogP contribution is 2.29. The Morgan fingerprint density at radius 2 is 1.68 bits per heavy atom. The monoisotopic (exact) mass is 295 g/mol. The molecule has 2 aromatic rings. The van der Waals surface area contributed by atoms with Gasteiger partial charge in [-0.2, -0.15) is 0 Å². The number of benzene rings is 2. The lowest BCUT2D eigenvalue weighted by Gasteiger charge is -2.29. The second-order valence-electron chi connectivity index (χ2n) is 5.72. The molecule has 0 aliphatic carbocycles. The third kappa shape index (κ3) is 2.48. The highest BCUT2D eigenvalue weighted by atomic mass is 16.6. The number of hydrogen-bond donors (Lipinski definition) is 0. The van der Waals surface area contributed by atoms with Crippen molar-refractivity contribution in [1.82, 2.24) is 4.90 Å². The Hall–Kier alpha value is -2.62. The maximum absolute atomic E-state index is 12.9. The zero-order valence-electron chi connectivity index (χ0n) is 12.6. The average Bonchev–Trinajstić information content (AvgIpc) is 2.80. The summed E-state index contributed by atoms with van der Waals surface area (Å²) in [6, 6.07) is 17.1.